The third-order valence-electron chi connectivity index (χ3n) is 3.95. The first-order valence-electron chi connectivity index (χ1n) is 8.15. The van der Waals surface area contributed by atoms with Gasteiger partial charge in [-0.05, 0) is 30.3 Å². The average molecular weight is 350 g/mol. The Balaban J connectivity index is 1.70. The molecule has 7 heteroatoms. The van der Waals surface area contributed by atoms with Crippen molar-refractivity contribution in [2.45, 2.75) is 13.0 Å². The van der Waals surface area contributed by atoms with Crippen LogP contribution >= 0.6 is 0 Å². The standard InChI is InChI=1S/C19H18N4O3/c1-20-19(26)13-5-4-6-14(11-13)22-18(25)9-10-23-16-8-3-2-7-15(16)17(24)12-21-23/h2-8,11-12H,9-10H2,1H3,(H,20,26)(H,22,25). The largest absolute Gasteiger partial charge is 0.355 e. The normalized spacial score (nSPS) is 10.5. The van der Waals surface area contributed by atoms with Crippen LogP contribution in [0.25, 0.3) is 10.9 Å². The molecule has 0 spiro atoms. The van der Waals surface area contributed by atoms with Crippen LogP contribution in [0.2, 0.25) is 0 Å². The minimum Gasteiger partial charge on any atom is -0.355 e. The van der Waals surface area contributed by atoms with Crippen LogP contribution < -0.4 is 16.1 Å². The van der Waals surface area contributed by atoms with Crippen molar-refractivity contribution >= 4 is 28.4 Å². The highest BCUT2D eigenvalue weighted by molar-refractivity contribution is 5.97. The summed E-state index contributed by atoms with van der Waals surface area (Å²) in [5, 5.41) is 9.99. The maximum atomic E-state index is 12.2. The van der Waals surface area contributed by atoms with E-state index in [-0.39, 0.29) is 23.7 Å². The van der Waals surface area contributed by atoms with Gasteiger partial charge in [-0.2, -0.15) is 5.10 Å². The van der Waals surface area contributed by atoms with Crippen LogP contribution in [0.3, 0.4) is 0 Å². The molecule has 1 heterocycles. The maximum Gasteiger partial charge on any atom is 0.251 e. The number of nitrogens with zero attached hydrogens (tertiary/aromatic N) is 2. The predicted octanol–water partition coefficient (Wildman–Crippen LogP) is 1.78. The lowest BCUT2D eigenvalue weighted by atomic mass is 10.2. The van der Waals surface area contributed by atoms with E-state index in [1.807, 2.05) is 6.07 Å². The van der Waals surface area contributed by atoms with Crippen LogP contribution in [0.5, 0.6) is 0 Å². The lowest BCUT2D eigenvalue weighted by molar-refractivity contribution is -0.116. The Morgan fingerprint density at radius 1 is 1.12 bits per heavy atom. The van der Waals surface area contributed by atoms with Gasteiger partial charge < -0.3 is 10.6 Å². The molecule has 0 unspecified atom stereocenters. The summed E-state index contributed by atoms with van der Waals surface area (Å²) in [5.74, 6) is -0.423. The Labute approximate surface area is 149 Å². The number of carbonyl (C=O) groups is 2. The maximum absolute atomic E-state index is 12.2. The number of amides is 2. The average Bonchev–Trinajstić information content (AvgIpc) is 2.67. The van der Waals surface area contributed by atoms with Gasteiger partial charge in [0.25, 0.3) is 5.91 Å². The fourth-order valence-electron chi connectivity index (χ4n) is 2.65. The summed E-state index contributed by atoms with van der Waals surface area (Å²) in [5.41, 5.74) is 1.56. The molecule has 0 aliphatic carbocycles. The Morgan fingerprint density at radius 3 is 2.73 bits per heavy atom. The van der Waals surface area contributed by atoms with E-state index in [1.54, 1.807) is 54.2 Å². The van der Waals surface area contributed by atoms with Gasteiger partial charge in [-0.15, -0.1) is 0 Å². The van der Waals surface area contributed by atoms with Gasteiger partial charge in [-0.3, -0.25) is 19.1 Å². The highest BCUT2D eigenvalue weighted by atomic mass is 16.2. The van der Waals surface area contributed by atoms with Gasteiger partial charge in [0.1, 0.15) is 0 Å². The molecule has 0 saturated heterocycles. The van der Waals surface area contributed by atoms with E-state index in [1.165, 1.54) is 6.20 Å². The number of carbonyl (C=O) groups excluding carboxylic acids is 2. The van der Waals surface area contributed by atoms with Crippen molar-refractivity contribution in [3.63, 3.8) is 0 Å². The van der Waals surface area contributed by atoms with Crippen LogP contribution in [-0.4, -0.2) is 28.6 Å². The second-order valence-electron chi connectivity index (χ2n) is 5.71. The molecule has 0 radical (unpaired) electrons. The number of hydrogen-bond donors (Lipinski definition) is 2. The van der Waals surface area contributed by atoms with E-state index in [4.69, 9.17) is 0 Å². The first-order chi connectivity index (χ1) is 12.6. The SMILES string of the molecule is CNC(=O)c1cccc(NC(=O)CCn2ncc(=O)c3ccccc32)c1. The molecular weight excluding hydrogens is 332 g/mol. The van der Waals surface area contributed by atoms with Gasteiger partial charge >= 0.3 is 0 Å². The zero-order valence-electron chi connectivity index (χ0n) is 14.2. The molecule has 0 fully saturated rings. The van der Waals surface area contributed by atoms with Crippen molar-refractivity contribution in [1.29, 1.82) is 0 Å². The van der Waals surface area contributed by atoms with Crippen LogP contribution in [0.15, 0.2) is 59.5 Å². The summed E-state index contributed by atoms with van der Waals surface area (Å²) < 4.78 is 1.64. The Bertz CT molecular complexity index is 1030. The highest BCUT2D eigenvalue weighted by Crippen LogP contribution is 2.12. The number of nitrogens with one attached hydrogen (secondary N) is 2. The lowest BCUT2D eigenvalue weighted by Gasteiger charge is -2.10. The van der Waals surface area contributed by atoms with E-state index >= 15 is 0 Å². The molecule has 26 heavy (non-hydrogen) atoms. The Morgan fingerprint density at radius 2 is 1.92 bits per heavy atom. The van der Waals surface area contributed by atoms with Gasteiger partial charge in [0.15, 0.2) is 0 Å². The van der Waals surface area contributed by atoms with Crippen LogP contribution in [-0.2, 0) is 11.3 Å². The van der Waals surface area contributed by atoms with Crippen molar-refractivity contribution in [1.82, 2.24) is 15.1 Å². The molecule has 0 saturated carbocycles. The fraction of sp³-hybridized carbons (Fsp3) is 0.158. The smallest absolute Gasteiger partial charge is 0.251 e. The monoisotopic (exact) mass is 350 g/mol. The number of aryl methyl sites for hydroxylation is 1. The van der Waals surface area contributed by atoms with Gasteiger partial charge in [0.2, 0.25) is 11.3 Å². The van der Waals surface area contributed by atoms with Gasteiger partial charge in [-0.1, -0.05) is 18.2 Å². The third-order valence-corrected chi connectivity index (χ3v) is 3.95. The van der Waals surface area contributed by atoms with Crippen molar-refractivity contribution in [2.75, 3.05) is 12.4 Å². The first kappa shape index (κ1) is 17.3. The molecule has 3 rings (SSSR count). The molecule has 0 aliphatic heterocycles. The van der Waals surface area contributed by atoms with E-state index in [2.05, 4.69) is 15.7 Å². The molecular formula is C19H18N4O3. The van der Waals surface area contributed by atoms with Gasteiger partial charge in [0, 0.05) is 30.1 Å². The lowest BCUT2D eigenvalue weighted by Crippen LogP contribution is -2.19. The van der Waals surface area contributed by atoms with Crippen LogP contribution in [0.4, 0.5) is 5.69 Å². The molecule has 2 aromatic carbocycles. The van der Waals surface area contributed by atoms with E-state index < -0.39 is 0 Å². The number of hydrogen-bond acceptors (Lipinski definition) is 4. The number of fused-ring (bicyclic) bond motifs is 1. The minimum absolute atomic E-state index is 0.146. The zero-order chi connectivity index (χ0) is 18.5. The van der Waals surface area contributed by atoms with Crippen LogP contribution in [0.1, 0.15) is 16.8 Å². The van der Waals surface area contributed by atoms with E-state index in [0.717, 1.165) is 0 Å². The molecule has 3 aromatic rings. The summed E-state index contributed by atoms with van der Waals surface area (Å²) in [6, 6.07) is 13.9. The second kappa shape index (κ2) is 7.60. The third kappa shape index (κ3) is 3.77. The number of rotatable bonds is 5. The number of anilines is 1. The van der Waals surface area contributed by atoms with Gasteiger partial charge in [0.05, 0.1) is 18.3 Å². The minimum atomic E-state index is -0.218. The highest BCUT2D eigenvalue weighted by Gasteiger charge is 2.08. The molecule has 0 atom stereocenters. The Hall–Kier alpha value is -3.48. The van der Waals surface area contributed by atoms with Crippen molar-refractivity contribution in [3.8, 4) is 0 Å². The number of para-hydroxylation sites is 1. The number of aromatic nitrogens is 2. The Kier molecular flexibility index (Phi) is 5.07. The molecule has 2 amide bonds. The molecule has 1 aromatic heterocycles. The van der Waals surface area contributed by atoms with Crippen molar-refractivity contribution in [3.05, 3.63) is 70.5 Å². The second-order valence-corrected chi connectivity index (χ2v) is 5.71. The summed E-state index contributed by atoms with van der Waals surface area (Å²) in [4.78, 5) is 35.7. The van der Waals surface area contributed by atoms with E-state index in [0.29, 0.717) is 28.7 Å². The van der Waals surface area contributed by atoms with E-state index in [9.17, 15) is 14.4 Å². The molecule has 132 valence electrons. The molecule has 2 N–H and O–H groups in total. The fourth-order valence-corrected chi connectivity index (χ4v) is 2.65. The molecule has 0 bridgehead atoms. The van der Waals surface area contributed by atoms with Crippen LogP contribution in [0, 0.1) is 0 Å². The van der Waals surface area contributed by atoms with Crippen molar-refractivity contribution < 1.29 is 9.59 Å². The quantitative estimate of drug-likeness (QED) is 0.734. The molecule has 0 aliphatic rings. The number of benzene rings is 2. The molecule has 7 nitrogen and oxygen atoms in total. The zero-order valence-corrected chi connectivity index (χ0v) is 14.2. The van der Waals surface area contributed by atoms with Gasteiger partial charge in [-0.25, -0.2) is 0 Å². The summed E-state index contributed by atoms with van der Waals surface area (Å²) in [6.45, 7) is 0.335. The van der Waals surface area contributed by atoms with Crippen molar-refractivity contribution in [2.24, 2.45) is 0 Å². The first-order valence-corrected chi connectivity index (χ1v) is 8.15. The summed E-state index contributed by atoms with van der Waals surface area (Å²) in [6.07, 6.45) is 1.44. The summed E-state index contributed by atoms with van der Waals surface area (Å²) >= 11 is 0. The summed E-state index contributed by atoms with van der Waals surface area (Å²) in [7, 11) is 1.55. The predicted molar refractivity (Wildman–Crippen MR) is 99.1 cm³/mol. The topological polar surface area (TPSA) is 93.1 Å².